The van der Waals surface area contributed by atoms with Gasteiger partial charge in [0.05, 0.1) is 19.8 Å². The summed E-state index contributed by atoms with van der Waals surface area (Å²) in [7, 11) is 3.50. The number of rotatable bonds is 8. The highest BCUT2D eigenvalue weighted by Crippen LogP contribution is 2.14. The van der Waals surface area contributed by atoms with Crippen LogP contribution in [0.3, 0.4) is 0 Å². The second kappa shape index (κ2) is 11.3. The van der Waals surface area contributed by atoms with Crippen molar-refractivity contribution in [3.63, 3.8) is 0 Å². The molecule has 2 N–H and O–H groups in total. The van der Waals surface area contributed by atoms with Crippen molar-refractivity contribution < 1.29 is 19.1 Å². The van der Waals surface area contributed by atoms with Crippen LogP contribution in [0.15, 0.2) is 48.5 Å². The van der Waals surface area contributed by atoms with Crippen molar-refractivity contribution in [1.82, 2.24) is 9.80 Å². The van der Waals surface area contributed by atoms with Crippen molar-refractivity contribution >= 4 is 29.1 Å². The third-order valence-corrected chi connectivity index (χ3v) is 5.25. The predicted molar refractivity (Wildman–Crippen MR) is 124 cm³/mol. The van der Waals surface area contributed by atoms with Crippen molar-refractivity contribution in [2.24, 2.45) is 0 Å². The Balaban J connectivity index is 1.43. The lowest BCUT2D eigenvalue weighted by atomic mass is 10.1. The number of hydrogen-bond acceptors (Lipinski definition) is 5. The molecule has 2 aromatic rings. The standard InChI is InChI=1S/C24H30N4O4/c1-27(2)23(30)12-5-18-3-8-20(9-4-18)25-17-22(29)26-21-10-6-19(7-11-21)24(31)28-13-15-32-16-14-28/h3-4,6-11,25H,5,12-17H2,1-2H3,(H,26,29). The van der Waals surface area contributed by atoms with Gasteiger partial charge in [0, 0.05) is 50.5 Å². The van der Waals surface area contributed by atoms with Crippen LogP contribution in [-0.2, 0) is 20.7 Å². The Labute approximate surface area is 188 Å². The zero-order valence-electron chi connectivity index (χ0n) is 18.6. The summed E-state index contributed by atoms with van der Waals surface area (Å²) in [6.45, 7) is 2.43. The highest BCUT2D eigenvalue weighted by molar-refractivity contribution is 5.96. The molecule has 1 heterocycles. The molecule has 8 heteroatoms. The van der Waals surface area contributed by atoms with Gasteiger partial charge in [0.1, 0.15) is 0 Å². The van der Waals surface area contributed by atoms with E-state index >= 15 is 0 Å². The van der Waals surface area contributed by atoms with Crippen LogP contribution >= 0.6 is 0 Å². The molecule has 2 aromatic carbocycles. The number of nitrogens with one attached hydrogen (secondary N) is 2. The monoisotopic (exact) mass is 438 g/mol. The third-order valence-electron chi connectivity index (χ3n) is 5.25. The number of morpholine rings is 1. The number of ether oxygens (including phenoxy) is 1. The number of amides is 3. The molecular formula is C24H30N4O4. The fourth-order valence-electron chi connectivity index (χ4n) is 3.30. The number of anilines is 2. The maximum Gasteiger partial charge on any atom is 0.254 e. The average molecular weight is 439 g/mol. The summed E-state index contributed by atoms with van der Waals surface area (Å²) in [6, 6.07) is 14.6. The van der Waals surface area contributed by atoms with E-state index in [9.17, 15) is 14.4 Å². The second-order valence-corrected chi connectivity index (χ2v) is 7.87. The molecule has 3 amide bonds. The minimum Gasteiger partial charge on any atom is -0.378 e. The van der Waals surface area contributed by atoms with Gasteiger partial charge in [0.2, 0.25) is 11.8 Å². The molecular weight excluding hydrogens is 408 g/mol. The third kappa shape index (κ3) is 6.81. The smallest absolute Gasteiger partial charge is 0.254 e. The van der Waals surface area contributed by atoms with Crippen LogP contribution in [0.2, 0.25) is 0 Å². The Morgan fingerprint density at radius 3 is 2.19 bits per heavy atom. The normalized spacial score (nSPS) is 13.4. The molecule has 0 aliphatic carbocycles. The van der Waals surface area contributed by atoms with Crippen LogP contribution in [-0.4, -0.2) is 74.5 Å². The first-order valence-corrected chi connectivity index (χ1v) is 10.7. The largest absolute Gasteiger partial charge is 0.378 e. The van der Waals surface area contributed by atoms with Gasteiger partial charge >= 0.3 is 0 Å². The van der Waals surface area contributed by atoms with Crippen LogP contribution in [0.4, 0.5) is 11.4 Å². The lowest BCUT2D eigenvalue weighted by molar-refractivity contribution is -0.128. The first-order valence-electron chi connectivity index (χ1n) is 10.7. The van der Waals surface area contributed by atoms with E-state index in [0.29, 0.717) is 50.4 Å². The van der Waals surface area contributed by atoms with E-state index in [0.717, 1.165) is 11.3 Å². The lowest BCUT2D eigenvalue weighted by Crippen LogP contribution is -2.40. The van der Waals surface area contributed by atoms with E-state index in [4.69, 9.17) is 4.74 Å². The molecule has 1 saturated heterocycles. The molecule has 0 saturated carbocycles. The van der Waals surface area contributed by atoms with Gasteiger partial charge in [-0.15, -0.1) is 0 Å². The number of benzene rings is 2. The molecule has 0 radical (unpaired) electrons. The summed E-state index contributed by atoms with van der Waals surface area (Å²) < 4.78 is 5.28. The highest BCUT2D eigenvalue weighted by atomic mass is 16.5. The molecule has 1 aliphatic rings. The fraction of sp³-hybridized carbons (Fsp3) is 0.375. The molecule has 1 fully saturated rings. The van der Waals surface area contributed by atoms with Gasteiger partial charge in [-0.2, -0.15) is 0 Å². The van der Waals surface area contributed by atoms with Gasteiger partial charge in [-0.3, -0.25) is 14.4 Å². The van der Waals surface area contributed by atoms with Gasteiger partial charge in [-0.1, -0.05) is 12.1 Å². The number of nitrogens with zero attached hydrogens (tertiary/aromatic N) is 2. The van der Waals surface area contributed by atoms with Crippen molar-refractivity contribution in [3.05, 3.63) is 59.7 Å². The number of aryl methyl sites for hydroxylation is 1. The summed E-state index contributed by atoms with van der Waals surface area (Å²) in [5.74, 6) is -0.109. The molecule has 0 aromatic heterocycles. The van der Waals surface area contributed by atoms with Gasteiger partial charge in [0.15, 0.2) is 0 Å². The van der Waals surface area contributed by atoms with E-state index in [1.165, 1.54) is 0 Å². The average Bonchev–Trinajstić information content (AvgIpc) is 2.82. The Bertz CT molecular complexity index is 920. The van der Waals surface area contributed by atoms with Crippen molar-refractivity contribution in [3.8, 4) is 0 Å². The second-order valence-electron chi connectivity index (χ2n) is 7.87. The van der Waals surface area contributed by atoms with E-state index in [-0.39, 0.29) is 24.3 Å². The Morgan fingerprint density at radius 1 is 0.938 bits per heavy atom. The van der Waals surface area contributed by atoms with E-state index in [2.05, 4.69) is 10.6 Å². The van der Waals surface area contributed by atoms with E-state index < -0.39 is 0 Å². The number of hydrogen-bond donors (Lipinski definition) is 2. The molecule has 0 bridgehead atoms. The van der Waals surface area contributed by atoms with Crippen LogP contribution in [0.1, 0.15) is 22.3 Å². The number of carbonyl (C=O) groups excluding carboxylic acids is 3. The lowest BCUT2D eigenvalue weighted by Gasteiger charge is -2.26. The van der Waals surface area contributed by atoms with Crippen LogP contribution < -0.4 is 10.6 Å². The maximum atomic E-state index is 12.5. The molecule has 0 atom stereocenters. The van der Waals surface area contributed by atoms with Crippen LogP contribution in [0.25, 0.3) is 0 Å². The summed E-state index contributed by atoms with van der Waals surface area (Å²) in [5.41, 5.74) is 3.13. The van der Waals surface area contributed by atoms with Gasteiger partial charge in [-0.05, 0) is 48.4 Å². The molecule has 32 heavy (non-hydrogen) atoms. The maximum absolute atomic E-state index is 12.5. The molecule has 1 aliphatic heterocycles. The SMILES string of the molecule is CN(C)C(=O)CCc1ccc(NCC(=O)Nc2ccc(C(=O)N3CCOCC3)cc2)cc1. The predicted octanol–water partition coefficient (Wildman–Crippen LogP) is 2.23. The first kappa shape index (κ1) is 23.3. The Hall–Kier alpha value is -3.39. The Kier molecular flexibility index (Phi) is 8.21. The van der Waals surface area contributed by atoms with Crippen molar-refractivity contribution in [1.29, 1.82) is 0 Å². The topological polar surface area (TPSA) is 91.0 Å². The van der Waals surface area contributed by atoms with Crippen LogP contribution in [0, 0.1) is 0 Å². The first-order chi connectivity index (χ1) is 15.4. The highest BCUT2D eigenvalue weighted by Gasteiger charge is 2.18. The van der Waals surface area contributed by atoms with Gasteiger partial charge < -0.3 is 25.2 Å². The van der Waals surface area contributed by atoms with Gasteiger partial charge in [0.25, 0.3) is 5.91 Å². The molecule has 8 nitrogen and oxygen atoms in total. The summed E-state index contributed by atoms with van der Waals surface area (Å²) in [4.78, 5) is 39.8. The quantitative estimate of drug-likeness (QED) is 0.660. The minimum atomic E-state index is -0.182. The fourth-order valence-corrected chi connectivity index (χ4v) is 3.30. The molecule has 170 valence electrons. The molecule has 3 rings (SSSR count). The van der Waals surface area contributed by atoms with Crippen molar-refractivity contribution in [2.75, 3.05) is 57.6 Å². The van der Waals surface area contributed by atoms with E-state index in [1.807, 2.05) is 24.3 Å². The molecule has 0 unspecified atom stereocenters. The van der Waals surface area contributed by atoms with E-state index in [1.54, 1.807) is 48.2 Å². The Morgan fingerprint density at radius 2 is 1.56 bits per heavy atom. The summed E-state index contributed by atoms with van der Waals surface area (Å²) in [6.07, 6.45) is 1.15. The summed E-state index contributed by atoms with van der Waals surface area (Å²) in [5, 5.41) is 5.91. The number of carbonyl (C=O) groups is 3. The van der Waals surface area contributed by atoms with Crippen molar-refractivity contribution in [2.45, 2.75) is 12.8 Å². The van der Waals surface area contributed by atoms with Crippen LogP contribution in [0.5, 0.6) is 0 Å². The summed E-state index contributed by atoms with van der Waals surface area (Å²) >= 11 is 0. The molecule has 0 spiro atoms. The van der Waals surface area contributed by atoms with Gasteiger partial charge in [-0.25, -0.2) is 0 Å². The zero-order chi connectivity index (χ0) is 22.9. The zero-order valence-corrected chi connectivity index (χ0v) is 18.6. The minimum absolute atomic E-state index is 0.0256.